The zero-order chi connectivity index (χ0) is 29.0. The molecule has 4 aromatic heterocycles. The first-order valence-corrected chi connectivity index (χ1v) is 14.7. The number of fused-ring (bicyclic) bond motifs is 8. The number of pyridine rings is 3. The van der Waals surface area contributed by atoms with Gasteiger partial charge >= 0.3 is 0 Å². The van der Waals surface area contributed by atoms with E-state index in [0.29, 0.717) is 0 Å². The quantitative estimate of drug-likeness (QED) is 0.215. The molecule has 1 aliphatic heterocycles. The summed E-state index contributed by atoms with van der Waals surface area (Å²) in [4.78, 5) is 17.0. The molecule has 5 heterocycles. The Morgan fingerprint density at radius 1 is 0.455 bits per heavy atom. The predicted octanol–water partition coefficient (Wildman–Crippen LogP) is 9.75. The third kappa shape index (κ3) is 3.56. The average Bonchev–Trinajstić information content (AvgIpc) is 3.38. The van der Waals surface area contributed by atoms with Gasteiger partial charge in [0.25, 0.3) is 0 Å². The summed E-state index contributed by atoms with van der Waals surface area (Å²) < 4.78 is 2.31. The van der Waals surface area contributed by atoms with Crippen LogP contribution in [0.25, 0.3) is 61.1 Å². The van der Waals surface area contributed by atoms with Crippen molar-refractivity contribution in [2.24, 2.45) is 0 Å². The summed E-state index contributed by atoms with van der Waals surface area (Å²) in [6.45, 7) is 0. The molecule has 0 amide bonds. The van der Waals surface area contributed by atoms with E-state index in [1.165, 1.54) is 10.9 Å². The number of hydrogen-bond acceptors (Lipinski definition) is 4. The molecule has 0 radical (unpaired) electrons. The second-order valence-electron chi connectivity index (χ2n) is 10.9. The van der Waals surface area contributed by atoms with E-state index >= 15 is 0 Å². The van der Waals surface area contributed by atoms with Gasteiger partial charge in [-0.3, -0.25) is 14.5 Å². The topological polar surface area (TPSA) is 46.8 Å². The van der Waals surface area contributed by atoms with Crippen molar-refractivity contribution in [3.63, 3.8) is 0 Å². The van der Waals surface area contributed by atoms with E-state index in [9.17, 15) is 0 Å². The van der Waals surface area contributed by atoms with Gasteiger partial charge in [-0.05, 0) is 47.9 Å². The van der Waals surface area contributed by atoms with Gasteiger partial charge in [0.15, 0.2) is 0 Å². The van der Waals surface area contributed by atoms with Crippen molar-refractivity contribution < 1.29 is 0 Å². The Bertz CT molecular complexity index is 2340. The zero-order valence-corrected chi connectivity index (χ0v) is 23.7. The summed E-state index contributed by atoms with van der Waals surface area (Å²) in [5.41, 5.74) is 9.73. The minimum Gasteiger partial charge on any atom is -0.293 e. The van der Waals surface area contributed by atoms with Crippen LogP contribution in [0, 0.1) is 0 Å². The van der Waals surface area contributed by atoms with Gasteiger partial charge in [-0.25, -0.2) is 9.97 Å². The molecule has 0 bridgehead atoms. The van der Waals surface area contributed by atoms with Gasteiger partial charge in [0, 0.05) is 51.6 Å². The van der Waals surface area contributed by atoms with E-state index in [0.717, 1.165) is 67.4 Å². The average molecular weight is 564 g/mol. The maximum absolute atomic E-state index is 5.20. The normalized spacial score (nSPS) is 12.0. The van der Waals surface area contributed by atoms with Crippen molar-refractivity contribution in [3.05, 3.63) is 152 Å². The van der Waals surface area contributed by atoms with Crippen molar-refractivity contribution in [2.75, 3.05) is 4.90 Å². The summed E-state index contributed by atoms with van der Waals surface area (Å²) >= 11 is 0. The lowest BCUT2D eigenvalue weighted by atomic mass is 9.98. The van der Waals surface area contributed by atoms with Gasteiger partial charge in [0.1, 0.15) is 11.6 Å². The highest BCUT2D eigenvalue weighted by Gasteiger charge is 2.32. The fourth-order valence-corrected chi connectivity index (χ4v) is 6.68. The maximum atomic E-state index is 5.20. The van der Waals surface area contributed by atoms with E-state index in [1.807, 2.05) is 48.9 Å². The van der Waals surface area contributed by atoms with E-state index in [-0.39, 0.29) is 0 Å². The van der Waals surface area contributed by atoms with Crippen molar-refractivity contribution in [2.45, 2.75) is 0 Å². The third-order valence-electron chi connectivity index (χ3n) is 8.49. The van der Waals surface area contributed by atoms with Crippen LogP contribution in [0.3, 0.4) is 0 Å². The minimum absolute atomic E-state index is 0.874. The van der Waals surface area contributed by atoms with Crippen LogP contribution in [-0.4, -0.2) is 19.5 Å². The fourth-order valence-electron chi connectivity index (χ4n) is 6.68. The Morgan fingerprint density at radius 3 is 1.86 bits per heavy atom. The number of hydrogen-bond donors (Lipinski definition) is 0. The van der Waals surface area contributed by atoms with Gasteiger partial charge in [-0.1, -0.05) is 91.0 Å². The van der Waals surface area contributed by atoms with Crippen molar-refractivity contribution in [1.82, 2.24) is 19.5 Å². The Morgan fingerprint density at radius 2 is 1.09 bits per heavy atom. The summed E-state index contributed by atoms with van der Waals surface area (Å²) in [5.74, 6) is 1.76. The monoisotopic (exact) mass is 563 g/mol. The van der Waals surface area contributed by atoms with Crippen LogP contribution < -0.4 is 4.90 Å². The molecule has 5 nitrogen and oxygen atoms in total. The van der Waals surface area contributed by atoms with Crippen LogP contribution in [0.4, 0.5) is 17.2 Å². The first kappa shape index (κ1) is 24.5. The lowest BCUT2D eigenvalue weighted by Gasteiger charge is -2.28. The molecule has 0 fully saturated rings. The maximum Gasteiger partial charge on any atom is 0.145 e. The molecule has 0 spiro atoms. The molecule has 0 saturated heterocycles. The van der Waals surface area contributed by atoms with E-state index in [2.05, 4.69) is 118 Å². The van der Waals surface area contributed by atoms with E-state index in [1.54, 1.807) is 0 Å². The second-order valence-corrected chi connectivity index (χ2v) is 10.9. The first-order valence-electron chi connectivity index (χ1n) is 14.7. The van der Waals surface area contributed by atoms with Crippen LogP contribution in [0.1, 0.15) is 0 Å². The standard InChI is InChI=1S/C39H25N5/c1-2-14-27-26(13-1)31(32-18-9-11-23-40-32)25-42-39(27)43-33-19-6-3-15-28(33)37-29-16-4-7-20-34(29)44(36-22-10-12-24-41-36)38(37)30-17-5-8-21-35(30)43/h1-25H. The number of aromatic nitrogens is 4. The number of nitrogens with zero attached hydrogens (tertiary/aromatic N) is 5. The van der Waals surface area contributed by atoms with Gasteiger partial charge in [0.05, 0.1) is 28.3 Å². The highest BCUT2D eigenvalue weighted by Crippen LogP contribution is 2.54. The molecule has 8 aromatic rings. The summed E-state index contributed by atoms with van der Waals surface area (Å²) in [6.07, 6.45) is 5.66. The molecule has 0 aliphatic carbocycles. The highest BCUT2D eigenvalue weighted by molar-refractivity contribution is 6.14. The van der Waals surface area contributed by atoms with Crippen molar-refractivity contribution in [1.29, 1.82) is 0 Å². The van der Waals surface area contributed by atoms with Gasteiger partial charge in [0.2, 0.25) is 0 Å². The second kappa shape index (κ2) is 9.75. The number of rotatable bonds is 3. The Balaban J connectivity index is 1.41. The lowest BCUT2D eigenvalue weighted by molar-refractivity contribution is 1.05. The van der Waals surface area contributed by atoms with Crippen LogP contribution >= 0.6 is 0 Å². The molecule has 206 valence electrons. The summed E-state index contributed by atoms with van der Waals surface area (Å²) in [6, 6.07) is 46.5. The molecule has 0 atom stereocenters. The summed E-state index contributed by atoms with van der Waals surface area (Å²) in [5, 5.41) is 3.35. The summed E-state index contributed by atoms with van der Waals surface area (Å²) in [7, 11) is 0. The first-order chi connectivity index (χ1) is 21.9. The van der Waals surface area contributed by atoms with E-state index in [4.69, 9.17) is 9.97 Å². The smallest absolute Gasteiger partial charge is 0.145 e. The SMILES string of the molecule is c1ccc(-c2cnc(N3c4ccccc4-c4c(n(-c5ccccn5)c5ccccc45)-c4ccccc43)c3ccccc23)nc1. The van der Waals surface area contributed by atoms with Crippen LogP contribution in [0.2, 0.25) is 0 Å². The lowest BCUT2D eigenvalue weighted by Crippen LogP contribution is -2.13. The molecule has 0 N–H and O–H groups in total. The predicted molar refractivity (Wildman–Crippen MR) is 179 cm³/mol. The van der Waals surface area contributed by atoms with Gasteiger partial charge < -0.3 is 0 Å². The largest absolute Gasteiger partial charge is 0.293 e. The van der Waals surface area contributed by atoms with Crippen LogP contribution in [0.15, 0.2) is 152 Å². The Labute approximate surface area is 254 Å². The number of para-hydroxylation sites is 3. The Kier molecular flexibility index (Phi) is 5.43. The van der Waals surface area contributed by atoms with Crippen LogP contribution in [-0.2, 0) is 0 Å². The fraction of sp³-hybridized carbons (Fsp3) is 0. The van der Waals surface area contributed by atoms with Crippen molar-refractivity contribution in [3.8, 4) is 39.5 Å². The Hall–Kier alpha value is -6.07. The highest BCUT2D eigenvalue weighted by atomic mass is 15.2. The molecule has 1 aliphatic rings. The zero-order valence-electron chi connectivity index (χ0n) is 23.7. The molecular weight excluding hydrogens is 538 g/mol. The molecule has 0 saturated carbocycles. The molecule has 4 aromatic carbocycles. The molecular formula is C39H25N5. The molecule has 5 heteroatoms. The van der Waals surface area contributed by atoms with E-state index < -0.39 is 0 Å². The number of anilines is 3. The third-order valence-corrected chi connectivity index (χ3v) is 8.49. The van der Waals surface area contributed by atoms with Gasteiger partial charge in [-0.2, -0.15) is 0 Å². The van der Waals surface area contributed by atoms with Crippen molar-refractivity contribution >= 4 is 38.9 Å². The van der Waals surface area contributed by atoms with Gasteiger partial charge in [-0.15, -0.1) is 0 Å². The minimum atomic E-state index is 0.874. The molecule has 0 unspecified atom stereocenters. The molecule has 44 heavy (non-hydrogen) atoms. The molecule has 9 rings (SSSR count). The van der Waals surface area contributed by atoms with Crippen LogP contribution in [0.5, 0.6) is 0 Å². The number of benzene rings is 4.